The van der Waals surface area contributed by atoms with E-state index >= 15 is 0 Å². The third-order valence-corrected chi connectivity index (χ3v) is 4.62. The summed E-state index contributed by atoms with van der Waals surface area (Å²) in [5, 5.41) is 7.18. The lowest BCUT2D eigenvalue weighted by Gasteiger charge is -2.09. The van der Waals surface area contributed by atoms with Gasteiger partial charge in [0, 0.05) is 18.2 Å². The number of fused-ring (bicyclic) bond motifs is 1. The van der Waals surface area contributed by atoms with Crippen molar-refractivity contribution < 1.29 is 9.53 Å². The molecule has 8 heteroatoms. The highest BCUT2D eigenvalue weighted by Crippen LogP contribution is 2.19. The van der Waals surface area contributed by atoms with Crippen LogP contribution in [-0.4, -0.2) is 38.8 Å². The third-order valence-electron chi connectivity index (χ3n) is 4.62. The predicted molar refractivity (Wildman–Crippen MR) is 117 cm³/mol. The van der Waals surface area contributed by atoms with Gasteiger partial charge in [-0.1, -0.05) is 12.1 Å². The summed E-state index contributed by atoms with van der Waals surface area (Å²) in [6.07, 6.45) is 1.44. The van der Waals surface area contributed by atoms with Gasteiger partial charge in [0.15, 0.2) is 0 Å². The Labute approximate surface area is 178 Å². The molecule has 2 aromatic heterocycles. The zero-order valence-corrected chi connectivity index (χ0v) is 17.0. The SMILES string of the molecule is CCOc1ccc(-c2ccc(=O)n(CCNC(=O)c3cnc4ccccc4n3)n2)cc1. The number of para-hydroxylation sites is 2. The second-order valence-corrected chi connectivity index (χ2v) is 6.74. The van der Waals surface area contributed by atoms with Gasteiger partial charge >= 0.3 is 0 Å². The van der Waals surface area contributed by atoms with Gasteiger partial charge in [-0.15, -0.1) is 0 Å². The quantitative estimate of drug-likeness (QED) is 0.498. The van der Waals surface area contributed by atoms with E-state index in [0.29, 0.717) is 17.8 Å². The van der Waals surface area contributed by atoms with Crippen LogP contribution >= 0.6 is 0 Å². The van der Waals surface area contributed by atoms with E-state index in [4.69, 9.17) is 4.74 Å². The number of carbonyl (C=O) groups excluding carboxylic acids is 1. The average Bonchev–Trinajstić information content (AvgIpc) is 2.80. The number of carbonyl (C=O) groups is 1. The molecule has 0 bridgehead atoms. The molecule has 156 valence electrons. The summed E-state index contributed by atoms with van der Waals surface area (Å²) in [4.78, 5) is 33.2. The van der Waals surface area contributed by atoms with E-state index in [1.165, 1.54) is 16.9 Å². The van der Waals surface area contributed by atoms with E-state index in [1.807, 2.05) is 49.4 Å². The fraction of sp³-hybridized carbons (Fsp3) is 0.174. The number of hydrogen-bond acceptors (Lipinski definition) is 6. The van der Waals surface area contributed by atoms with Crippen LogP contribution in [0.15, 0.2) is 71.7 Å². The summed E-state index contributed by atoms with van der Waals surface area (Å²) >= 11 is 0. The van der Waals surface area contributed by atoms with E-state index in [0.717, 1.165) is 16.8 Å². The number of nitrogens with one attached hydrogen (secondary N) is 1. The Balaban J connectivity index is 1.42. The molecule has 31 heavy (non-hydrogen) atoms. The van der Waals surface area contributed by atoms with Crippen molar-refractivity contribution in [3.63, 3.8) is 0 Å². The number of benzene rings is 2. The number of amides is 1. The first kappa shape index (κ1) is 20.2. The Morgan fingerprint density at radius 2 is 1.81 bits per heavy atom. The van der Waals surface area contributed by atoms with Crippen LogP contribution in [0.1, 0.15) is 17.4 Å². The van der Waals surface area contributed by atoms with Gasteiger partial charge in [-0.25, -0.2) is 9.67 Å². The summed E-state index contributed by atoms with van der Waals surface area (Å²) in [7, 11) is 0. The molecule has 1 N–H and O–H groups in total. The van der Waals surface area contributed by atoms with E-state index in [-0.39, 0.29) is 30.2 Å². The average molecular weight is 415 g/mol. The van der Waals surface area contributed by atoms with E-state index < -0.39 is 0 Å². The van der Waals surface area contributed by atoms with Crippen LogP contribution in [-0.2, 0) is 6.54 Å². The molecule has 2 aromatic carbocycles. The van der Waals surface area contributed by atoms with Gasteiger partial charge in [-0.3, -0.25) is 14.6 Å². The van der Waals surface area contributed by atoms with Gasteiger partial charge in [0.1, 0.15) is 11.4 Å². The minimum atomic E-state index is -0.353. The van der Waals surface area contributed by atoms with Crippen molar-refractivity contribution in [3.05, 3.63) is 82.9 Å². The van der Waals surface area contributed by atoms with Crippen LogP contribution in [0.3, 0.4) is 0 Å². The highest BCUT2D eigenvalue weighted by atomic mass is 16.5. The Hall–Kier alpha value is -4.07. The first-order chi connectivity index (χ1) is 15.1. The lowest BCUT2D eigenvalue weighted by molar-refractivity contribution is 0.0946. The molecule has 0 atom stereocenters. The molecule has 0 aliphatic heterocycles. The molecule has 0 spiro atoms. The number of nitrogens with zero attached hydrogens (tertiary/aromatic N) is 4. The minimum Gasteiger partial charge on any atom is -0.494 e. The Bertz CT molecular complexity index is 1270. The molecule has 0 unspecified atom stereocenters. The number of rotatable bonds is 7. The molecule has 0 radical (unpaired) electrons. The fourth-order valence-electron chi connectivity index (χ4n) is 3.08. The maximum atomic E-state index is 12.4. The van der Waals surface area contributed by atoms with Gasteiger partial charge in [0.2, 0.25) is 0 Å². The first-order valence-electron chi connectivity index (χ1n) is 9.95. The lowest BCUT2D eigenvalue weighted by Crippen LogP contribution is -2.32. The van der Waals surface area contributed by atoms with Crippen LogP contribution in [0.4, 0.5) is 0 Å². The first-order valence-corrected chi connectivity index (χ1v) is 9.95. The van der Waals surface area contributed by atoms with Gasteiger partial charge < -0.3 is 10.1 Å². The zero-order chi connectivity index (χ0) is 21.6. The van der Waals surface area contributed by atoms with Crippen molar-refractivity contribution in [2.75, 3.05) is 13.2 Å². The normalized spacial score (nSPS) is 10.7. The van der Waals surface area contributed by atoms with Gasteiger partial charge in [-0.05, 0) is 49.4 Å². The van der Waals surface area contributed by atoms with Crippen LogP contribution in [0.25, 0.3) is 22.3 Å². The zero-order valence-electron chi connectivity index (χ0n) is 17.0. The molecule has 0 saturated heterocycles. The number of hydrogen-bond donors (Lipinski definition) is 1. The summed E-state index contributed by atoms with van der Waals surface area (Å²) in [6.45, 7) is 2.99. The second kappa shape index (κ2) is 9.17. The van der Waals surface area contributed by atoms with Crippen molar-refractivity contribution in [2.24, 2.45) is 0 Å². The van der Waals surface area contributed by atoms with Crippen LogP contribution in [0.2, 0.25) is 0 Å². The maximum Gasteiger partial charge on any atom is 0.271 e. The van der Waals surface area contributed by atoms with Crippen molar-refractivity contribution in [3.8, 4) is 17.0 Å². The van der Waals surface area contributed by atoms with Crippen LogP contribution < -0.4 is 15.6 Å². The molecule has 8 nitrogen and oxygen atoms in total. The second-order valence-electron chi connectivity index (χ2n) is 6.74. The fourth-order valence-corrected chi connectivity index (χ4v) is 3.08. The number of ether oxygens (including phenoxy) is 1. The summed E-state index contributed by atoms with van der Waals surface area (Å²) in [5.41, 5.74) is 2.88. The predicted octanol–water partition coefficient (Wildman–Crippen LogP) is 2.68. The Morgan fingerprint density at radius 1 is 1.03 bits per heavy atom. The van der Waals surface area contributed by atoms with Gasteiger partial charge in [-0.2, -0.15) is 5.10 Å². The van der Waals surface area contributed by atoms with Gasteiger partial charge in [0.25, 0.3) is 11.5 Å². The van der Waals surface area contributed by atoms with Crippen molar-refractivity contribution in [2.45, 2.75) is 13.5 Å². The molecule has 0 saturated carbocycles. The van der Waals surface area contributed by atoms with E-state index in [2.05, 4.69) is 20.4 Å². The molecular formula is C23H21N5O3. The molecule has 0 aliphatic rings. The van der Waals surface area contributed by atoms with E-state index in [1.54, 1.807) is 12.1 Å². The minimum absolute atomic E-state index is 0.224. The van der Waals surface area contributed by atoms with Crippen LogP contribution in [0.5, 0.6) is 5.75 Å². The van der Waals surface area contributed by atoms with E-state index in [9.17, 15) is 9.59 Å². The molecule has 4 rings (SSSR count). The molecule has 1 amide bonds. The summed E-state index contributed by atoms with van der Waals surface area (Å²) < 4.78 is 6.78. The van der Waals surface area contributed by atoms with Crippen molar-refractivity contribution >= 4 is 16.9 Å². The third kappa shape index (κ3) is 4.75. The van der Waals surface area contributed by atoms with Crippen LogP contribution in [0, 0.1) is 0 Å². The molecular weight excluding hydrogens is 394 g/mol. The Morgan fingerprint density at radius 3 is 2.58 bits per heavy atom. The highest BCUT2D eigenvalue weighted by Gasteiger charge is 2.09. The maximum absolute atomic E-state index is 12.4. The highest BCUT2D eigenvalue weighted by molar-refractivity contribution is 5.93. The largest absolute Gasteiger partial charge is 0.494 e. The summed E-state index contributed by atoms with van der Waals surface area (Å²) in [5.74, 6) is 0.424. The molecule has 4 aromatic rings. The molecule has 0 aliphatic carbocycles. The van der Waals surface area contributed by atoms with Crippen molar-refractivity contribution in [1.29, 1.82) is 0 Å². The monoisotopic (exact) mass is 415 g/mol. The topological polar surface area (TPSA) is 99.0 Å². The molecule has 0 fully saturated rings. The molecule has 2 heterocycles. The van der Waals surface area contributed by atoms with Crippen molar-refractivity contribution in [1.82, 2.24) is 25.1 Å². The Kier molecular flexibility index (Phi) is 5.98. The number of aromatic nitrogens is 4. The standard InChI is InChI=1S/C23H21N5O3/c1-2-31-17-9-7-16(8-10-17)18-11-12-22(29)28(27-18)14-13-24-23(30)21-15-25-19-5-3-4-6-20(19)26-21/h3-12,15H,2,13-14H2,1H3,(H,24,30). The lowest BCUT2D eigenvalue weighted by atomic mass is 10.1. The smallest absolute Gasteiger partial charge is 0.271 e. The summed E-state index contributed by atoms with van der Waals surface area (Å²) in [6, 6.07) is 18.0. The van der Waals surface area contributed by atoms with Gasteiger partial charge in [0.05, 0.1) is 36.1 Å².